The lowest BCUT2D eigenvalue weighted by atomic mass is 9.88. The largest absolute Gasteiger partial charge is 0.511 e. The van der Waals surface area contributed by atoms with Gasteiger partial charge in [-0.15, -0.1) is 0 Å². The van der Waals surface area contributed by atoms with Gasteiger partial charge in [-0.05, 0) is 41.3 Å². The van der Waals surface area contributed by atoms with Gasteiger partial charge in [0.15, 0.2) is 5.78 Å². The summed E-state index contributed by atoms with van der Waals surface area (Å²) in [4.78, 5) is 17.4. The average Bonchev–Trinajstić information content (AvgIpc) is 2.74. The van der Waals surface area contributed by atoms with E-state index < -0.39 is 0 Å². The molecule has 0 heterocycles. The van der Waals surface area contributed by atoms with E-state index in [1.807, 2.05) is 66.7 Å². The van der Waals surface area contributed by atoms with Crippen LogP contribution in [-0.2, 0) is 11.2 Å². The third-order valence-corrected chi connectivity index (χ3v) is 5.23. The second kappa shape index (κ2) is 8.31. The van der Waals surface area contributed by atoms with Gasteiger partial charge in [-0.1, -0.05) is 48.5 Å². The number of hydrogen-bond acceptors (Lipinski definition) is 4. The maximum Gasteiger partial charge on any atom is 0.168 e. The second-order valence-electron chi connectivity index (χ2n) is 7.17. The highest BCUT2D eigenvalue weighted by Crippen LogP contribution is 2.28. The molecule has 0 radical (unpaired) electrons. The number of methoxy groups -OCH3 is 1. The van der Waals surface area contributed by atoms with Gasteiger partial charge in [0, 0.05) is 18.9 Å². The fraction of sp³-hybridized carbons (Fsp3) is 0.200. The van der Waals surface area contributed by atoms with Crippen LogP contribution in [0.25, 0.3) is 10.8 Å². The molecule has 1 aliphatic rings. The van der Waals surface area contributed by atoms with E-state index >= 15 is 0 Å². The fourth-order valence-electron chi connectivity index (χ4n) is 3.82. The van der Waals surface area contributed by atoms with Gasteiger partial charge in [-0.25, -0.2) is 0 Å². The molecule has 29 heavy (non-hydrogen) atoms. The molecular weight excluding hydrogens is 362 g/mol. The van der Waals surface area contributed by atoms with Crippen molar-refractivity contribution in [3.63, 3.8) is 0 Å². The molecule has 0 spiro atoms. The number of aliphatic hydroxyl groups is 1. The van der Waals surface area contributed by atoms with E-state index in [0.29, 0.717) is 42.0 Å². The molecule has 0 amide bonds. The lowest BCUT2D eigenvalue weighted by Crippen LogP contribution is -2.21. The molecule has 0 aromatic heterocycles. The summed E-state index contributed by atoms with van der Waals surface area (Å²) in [5, 5.41) is 13.2. The Bertz CT molecular complexity index is 1120. The van der Waals surface area contributed by atoms with Gasteiger partial charge in [-0.2, -0.15) is 0 Å². The number of aliphatic imine (C=N–C) groups is 1. The molecule has 1 fully saturated rings. The number of ketones is 1. The van der Waals surface area contributed by atoms with Crippen molar-refractivity contribution in [3.8, 4) is 5.75 Å². The number of carbonyl (C=O) groups excluding carboxylic acids is 1. The van der Waals surface area contributed by atoms with Crippen molar-refractivity contribution in [2.45, 2.75) is 25.7 Å². The van der Waals surface area contributed by atoms with Gasteiger partial charge >= 0.3 is 0 Å². The molecule has 0 bridgehead atoms. The highest BCUT2D eigenvalue weighted by molar-refractivity contribution is 6.24. The Morgan fingerprint density at radius 1 is 1.03 bits per heavy atom. The fourth-order valence-corrected chi connectivity index (χ4v) is 3.82. The maximum atomic E-state index is 12.7. The van der Waals surface area contributed by atoms with Crippen LogP contribution in [-0.4, -0.2) is 23.7 Å². The Hall–Kier alpha value is -3.40. The van der Waals surface area contributed by atoms with E-state index in [9.17, 15) is 9.90 Å². The van der Waals surface area contributed by atoms with E-state index in [1.165, 1.54) is 0 Å². The molecule has 0 atom stereocenters. The SMILES string of the molecule is COc1cccc(N=C2CCCC(=O)C2=C(O)Cc2cccc3ccccc23)c1. The number of aliphatic hydroxyl groups excluding tert-OH is 1. The van der Waals surface area contributed by atoms with Crippen LogP contribution < -0.4 is 4.74 Å². The van der Waals surface area contributed by atoms with Crippen molar-refractivity contribution >= 4 is 28.0 Å². The molecule has 1 aliphatic carbocycles. The van der Waals surface area contributed by atoms with Crippen molar-refractivity contribution in [1.29, 1.82) is 0 Å². The molecule has 0 saturated heterocycles. The van der Waals surface area contributed by atoms with Crippen molar-refractivity contribution in [2.24, 2.45) is 4.99 Å². The second-order valence-corrected chi connectivity index (χ2v) is 7.17. The first-order valence-electron chi connectivity index (χ1n) is 9.79. The van der Waals surface area contributed by atoms with Crippen LogP contribution in [0.4, 0.5) is 5.69 Å². The van der Waals surface area contributed by atoms with Gasteiger partial charge < -0.3 is 9.84 Å². The molecule has 4 heteroatoms. The number of hydrogen-bond donors (Lipinski definition) is 1. The van der Waals surface area contributed by atoms with Crippen LogP contribution >= 0.6 is 0 Å². The summed E-state index contributed by atoms with van der Waals surface area (Å²) in [6, 6.07) is 21.5. The van der Waals surface area contributed by atoms with Crippen LogP contribution in [0.2, 0.25) is 0 Å². The van der Waals surface area contributed by atoms with Crippen LogP contribution in [0.1, 0.15) is 24.8 Å². The summed E-state index contributed by atoms with van der Waals surface area (Å²) in [7, 11) is 1.61. The molecule has 1 saturated carbocycles. The van der Waals surface area contributed by atoms with Crippen molar-refractivity contribution in [1.82, 2.24) is 0 Å². The molecule has 4 rings (SSSR count). The average molecular weight is 385 g/mol. The number of allylic oxidation sites excluding steroid dienone is 2. The smallest absolute Gasteiger partial charge is 0.168 e. The molecule has 1 N–H and O–H groups in total. The van der Waals surface area contributed by atoms with E-state index in [1.54, 1.807) is 7.11 Å². The van der Waals surface area contributed by atoms with Gasteiger partial charge in [0.05, 0.1) is 24.1 Å². The predicted molar refractivity (Wildman–Crippen MR) is 116 cm³/mol. The lowest BCUT2D eigenvalue weighted by molar-refractivity contribution is -0.115. The minimum absolute atomic E-state index is 0.0457. The summed E-state index contributed by atoms with van der Waals surface area (Å²) in [5.74, 6) is 0.753. The first kappa shape index (κ1) is 18.9. The van der Waals surface area contributed by atoms with Gasteiger partial charge in [-0.3, -0.25) is 9.79 Å². The minimum Gasteiger partial charge on any atom is -0.511 e. The first-order chi connectivity index (χ1) is 14.2. The van der Waals surface area contributed by atoms with E-state index in [0.717, 1.165) is 22.8 Å². The highest BCUT2D eigenvalue weighted by atomic mass is 16.5. The van der Waals surface area contributed by atoms with Crippen LogP contribution in [0.3, 0.4) is 0 Å². The highest BCUT2D eigenvalue weighted by Gasteiger charge is 2.26. The summed E-state index contributed by atoms with van der Waals surface area (Å²) < 4.78 is 5.26. The molecule has 0 unspecified atom stereocenters. The quantitative estimate of drug-likeness (QED) is 0.461. The zero-order valence-corrected chi connectivity index (χ0v) is 16.4. The molecular formula is C25H23NO3. The molecule has 146 valence electrons. The summed E-state index contributed by atoms with van der Waals surface area (Å²) in [6.45, 7) is 0. The number of Topliss-reactive ketones (excluding diaryl/α,β-unsaturated/α-hetero) is 1. The Kier molecular flexibility index (Phi) is 5.43. The number of rotatable bonds is 4. The number of nitrogens with zero attached hydrogens (tertiary/aromatic N) is 1. The van der Waals surface area contributed by atoms with Crippen LogP contribution in [0.15, 0.2) is 83.1 Å². The summed E-state index contributed by atoms with van der Waals surface area (Å²) >= 11 is 0. The van der Waals surface area contributed by atoms with Gasteiger partial charge in [0.25, 0.3) is 0 Å². The van der Waals surface area contributed by atoms with E-state index in [2.05, 4.69) is 4.99 Å². The third kappa shape index (κ3) is 4.06. The monoisotopic (exact) mass is 385 g/mol. The number of carbonyl (C=O) groups is 1. The number of ether oxygens (including phenoxy) is 1. The van der Waals surface area contributed by atoms with Crippen molar-refractivity contribution in [3.05, 3.63) is 83.6 Å². The predicted octanol–water partition coefficient (Wildman–Crippen LogP) is 5.73. The van der Waals surface area contributed by atoms with E-state index in [4.69, 9.17) is 4.74 Å². The number of fused-ring (bicyclic) bond motifs is 1. The molecule has 3 aromatic carbocycles. The Morgan fingerprint density at radius 2 is 1.83 bits per heavy atom. The topological polar surface area (TPSA) is 58.9 Å². The molecule has 0 aliphatic heterocycles. The van der Waals surface area contributed by atoms with E-state index in [-0.39, 0.29) is 11.5 Å². The Balaban J connectivity index is 1.74. The number of benzene rings is 3. The lowest BCUT2D eigenvalue weighted by Gasteiger charge is -2.18. The van der Waals surface area contributed by atoms with Crippen molar-refractivity contribution in [2.75, 3.05) is 7.11 Å². The van der Waals surface area contributed by atoms with Gasteiger partial charge in [0.1, 0.15) is 11.5 Å². The van der Waals surface area contributed by atoms with Crippen LogP contribution in [0, 0.1) is 0 Å². The third-order valence-electron chi connectivity index (χ3n) is 5.23. The zero-order chi connectivity index (χ0) is 20.2. The minimum atomic E-state index is -0.0457. The Morgan fingerprint density at radius 3 is 2.69 bits per heavy atom. The normalized spacial score (nSPS) is 17.6. The van der Waals surface area contributed by atoms with Gasteiger partial charge in [0.2, 0.25) is 0 Å². The summed E-state index contributed by atoms with van der Waals surface area (Å²) in [6.07, 6.45) is 2.15. The standard InChI is InChI=1S/C25H23NO3/c1-29-20-11-5-10-19(16-20)26-22-13-6-14-23(27)25(22)24(28)15-18-9-4-8-17-7-2-3-12-21(17)18/h2-5,7-12,16,28H,6,13-15H2,1H3. The van der Waals surface area contributed by atoms with Crippen molar-refractivity contribution < 1.29 is 14.6 Å². The van der Waals surface area contributed by atoms with Crippen LogP contribution in [0.5, 0.6) is 5.75 Å². The summed E-state index contributed by atoms with van der Waals surface area (Å²) in [5.41, 5.74) is 2.72. The maximum absolute atomic E-state index is 12.7. The molecule has 3 aromatic rings. The Labute approximate surface area is 170 Å². The first-order valence-corrected chi connectivity index (χ1v) is 9.79. The molecule has 4 nitrogen and oxygen atoms in total. The zero-order valence-electron chi connectivity index (χ0n) is 16.4.